The van der Waals surface area contributed by atoms with Crippen LogP contribution in [0.4, 0.5) is 0 Å². The molecule has 0 aliphatic heterocycles. The number of nitriles is 1. The fourth-order valence-corrected chi connectivity index (χ4v) is 1.23. The Bertz CT molecular complexity index is 493. The van der Waals surface area contributed by atoms with Crippen molar-refractivity contribution in [3.05, 3.63) is 36.4 Å². The Morgan fingerprint density at radius 3 is 2.79 bits per heavy atom. The van der Waals surface area contributed by atoms with Crippen LogP contribution in [0.3, 0.4) is 0 Å². The molecule has 0 aromatic carbocycles. The molecule has 4 nitrogen and oxygen atoms in total. The molecule has 2 rings (SSSR count). The third-order valence-electron chi connectivity index (χ3n) is 1.91. The molecule has 0 spiro atoms. The van der Waals surface area contributed by atoms with Crippen molar-refractivity contribution < 1.29 is 0 Å². The quantitative estimate of drug-likeness (QED) is 0.672. The molecule has 0 amide bonds. The molecule has 14 heavy (non-hydrogen) atoms. The molecule has 2 heterocycles. The lowest BCUT2D eigenvalue weighted by Crippen LogP contribution is -1.84. The standard InChI is InChI=1S/C10H8N4/c1-14-7-10(6-13-14)9-2-8(3-11)4-12-5-9/h2,4-7H,1H3. The van der Waals surface area contributed by atoms with Gasteiger partial charge in [-0.3, -0.25) is 9.67 Å². The fraction of sp³-hybridized carbons (Fsp3) is 0.100. The lowest BCUT2D eigenvalue weighted by atomic mass is 10.1. The van der Waals surface area contributed by atoms with Crippen molar-refractivity contribution in [1.29, 1.82) is 5.26 Å². The summed E-state index contributed by atoms with van der Waals surface area (Å²) in [6, 6.07) is 3.85. The molecule has 0 aliphatic carbocycles. The highest BCUT2D eigenvalue weighted by Gasteiger charge is 2.01. The first-order valence-corrected chi connectivity index (χ1v) is 4.14. The Hall–Kier alpha value is -2.15. The van der Waals surface area contributed by atoms with Gasteiger partial charge in [0, 0.05) is 36.8 Å². The predicted molar refractivity (Wildman–Crippen MR) is 51.2 cm³/mol. The summed E-state index contributed by atoms with van der Waals surface area (Å²) in [4.78, 5) is 3.98. The van der Waals surface area contributed by atoms with Gasteiger partial charge in [0.25, 0.3) is 0 Å². The van der Waals surface area contributed by atoms with E-state index in [1.807, 2.05) is 13.2 Å². The second kappa shape index (κ2) is 3.30. The second-order valence-corrected chi connectivity index (χ2v) is 2.98. The maximum atomic E-state index is 8.70. The number of pyridine rings is 1. The normalized spacial score (nSPS) is 9.71. The van der Waals surface area contributed by atoms with Crippen LogP contribution < -0.4 is 0 Å². The van der Waals surface area contributed by atoms with Crippen LogP contribution in [0.5, 0.6) is 0 Å². The lowest BCUT2D eigenvalue weighted by Gasteiger charge is -1.95. The van der Waals surface area contributed by atoms with Crippen molar-refractivity contribution in [2.24, 2.45) is 7.05 Å². The third kappa shape index (κ3) is 1.48. The first-order valence-electron chi connectivity index (χ1n) is 4.14. The summed E-state index contributed by atoms with van der Waals surface area (Å²) in [7, 11) is 1.85. The molecule has 4 heteroatoms. The molecule has 0 saturated carbocycles. The van der Waals surface area contributed by atoms with E-state index in [1.54, 1.807) is 29.3 Å². The Labute approximate surface area is 81.4 Å². The molecular formula is C10H8N4. The van der Waals surface area contributed by atoms with Gasteiger partial charge in [-0.2, -0.15) is 10.4 Å². The van der Waals surface area contributed by atoms with Crippen LogP contribution in [0.15, 0.2) is 30.9 Å². The van der Waals surface area contributed by atoms with Crippen molar-refractivity contribution in [1.82, 2.24) is 14.8 Å². The van der Waals surface area contributed by atoms with Gasteiger partial charge in [-0.05, 0) is 6.07 Å². The highest BCUT2D eigenvalue weighted by Crippen LogP contribution is 2.17. The molecule has 0 fully saturated rings. The van der Waals surface area contributed by atoms with E-state index < -0.39 is 0 Å². The number of aryl methyl sites for hydroxylation is 1. The molecule has 0 aliphatic rings. The summed E-state index contributed by atoms with van der Waals surface area (Å²) in [6.45, 7) is 0. The van der Waals surface area contributed by atoms with E-state index in [9.17, 15) is 0 Å². The van der Waals surface area contributed by atoms with Crippen LogP contribution in [-0.4, -0.2) is 14.8 Å². The van der Waals surface area contributed by atoms with Crippen molar-refractivity contribution in [3.8, 4) is 17.2 Å². The van der Waals surface area contributed by atoms with Gasteiger partial charge < -0.3 is 0 Å². The van der Waals surface area contributed by atoms with Crippen molar-refractivity contribution in [3.63, 3.8) is 0 Å². The molecule has 2 aromatic rings. The summed E-state index contributed by atoms with van der Waals surface area (Å²) >= 11 is 0. The van der Waals surface area contributed by atoms with E-state index in [0.717, 1.165) is 11.1 Å². The molecule has 0 saturated heterocycles. The van der Waals surface area contributed by atoms with Gasteiger partial charge in [-0.25, -0.2) is 0 Å². The molecule has 0 unspecified atom stereocenters. The maximum Gasteiger partial charge on any atom is 0.101 e. The van der Waals surface area contributed by atoms with Crippen molar-refractivity contribution in [2.75, 3.05) is 0 Å². The zero-order valence-corrected chi connectivity index (χ0v) is 7.68. The van der Waals surface area contributed by atoms with Crippen LogP contribution >= 0.6 is 0 Å². The topological polar surface area (TPSA) is 54.5 Å². The Morgan fingerprint density at radius 2 is 2.14 bits per heavy atom. The molecule has 0 radical (unpaired) electrons. The predicted octanol–water partition coefficient (Wildman–Crippen LogP) is 1.35. The molecule has 0 atom stereocenters. The van der Waals surface area contributed by atoms with Crippen molar-refractivity contribution in [2.45, 2.75) is 0 Å². The molecule has 0 bridgehead atoms. The largest absolute Gasteiger partial charge is 0.275 e. The Balaban J connectivity index is 2.47. The van der Waals surface area contributed by atoms with Crippen LogP contribution in [0.1, 0.15) is 5.56 Å². The number of aromatic nitrogens is 3. The summed E-state index contributed by atoms with van der Waals surface area (Å²) < 4.78 is 1.72. The van der Waals surface area contributed by atoms with E-state index in [2.05, 4.69) is 16.2 Å². The van der Waals surface area contributed by atoms with Gasteiger partial charge in [-0.15, -0.1) is 0 Å². The van der Waals surface area contributed by atoms with Gasteiger partial charge in [0.05, 0.1) is 11.8 Å². The zero-order valence-electron chi connectivity index (χ0n) is 7.68. The number of nitrogens with zero attached hydrogens (tertiary/aromatic N) is 4. The smallest absolute Gasteiger partial charge is 0.101 e. The van der Waals surface area contributed by atoms with Crippen LogP contribution in [-0.2, 0) is 7.05 Å². The summed E-state index contributed by atoms with van der Waals surface area (Å²) in [5.41, 5.74) is 2.45. The highest BCUT2D eigenvalue weighted by molar-refractivity contribution is 5.62. The average molecular weight is 184 g/mol. The minimum atomic E-state index is 0.561. The molecule has 2 aromatic heterocycles. The van der Waals surface area contributed by atoms with Crippen LogP contribution in [0, 0.1) is 11.3 Å². The van der Waals surface area contributed by atoms with E-state index in [4.69, 9.17) is 5.26 Å². The molecule has 68 valence electrons. The van der Waals surface area contributed by atoms with E-state index in [-0.39, 0.29) is 0 Å². The zero-order chi connectivity index (χ0) is 9.97. The Morgan fingerprint density at radius 1 is 1.29 bits per heavy atom. The Kier molecular flexibility index (Phi) is 1.99. The summed E-state index contributed by atoms with van der Waals surface area (Å²) in [6.07, 6.45) is 6.90. The monoisotopic (exact) mass is 184 g/mol. The second-order valence-electron chi connectivity index (χ2n) is 2.98. The van der Waals surface area contributed by atoms with Gasteiger partial charge in [0.15, 0.2) is 0 Å². The number of hydrogen-bond donors (Lipinski definition) is 0. The first kappa shape index (κ1) is 8.45. The van der Waals surface area contributed by atoms with Gasteiger partial charge >= 0.3 is 0 Å². The van der Waals surface area contributed by atoms with Crippen LogP contribution in [0.25, 0.3) is 11.1 Å². The summed E-state index contributed by atoms with van der Waals surface area (Å²) in [5.74, 6) is 0. The maximum absolute atomic E-state index is 8.70. The van der Waals surface area contributed by atoms with Crippen molar-refractivity contribution >= 4 is 0 Å². The fourth-order valence-electron chi connectivity index (χ4n) is 1.23. The van der Waals surface area contributed by atoms with Gasteiger partial charge in [0.2, 0.25) is 0 Å². The summed E-state index contributed by atoms with van der Waals surface area (Å²) in [5, 5.41) is 12.8. The SMILES string of the molecule is Cn1cc(-c2cncc(C#N)c2)cn1. The van der Waals surface area contributed by atoms with Gasteiger partial charge in [-0.1, -0.05) is 0 Å². The average Bonchev–Trinajstić information content (AvgIpc) is 2.65. The van der Waals surface area contributed by atoms with Gasteiger partial charge in [0.1, 0.15) is 6.07 Å². The minimum absolute atomic E-state index is 0.561. The first-order chi connectivity index (χ1) is 6.79. The lowest BCUT2D eigenvalue weighted by molar-refractivity contribution is 0.768. The van der Waals surface area contributed by atoms with Crippen LogP contribution in [0.2, 0.25) is 0 Å². The minimum Gasteiger partial charge on any atom is -0.275 e. The molecule has 0 N–H and O–H groups in total. The highest BCUT2D eigenvalue weighted by atomic mass is 15.2. The van der Waals surface area contributed by atoms with E-state index >= 15 is 0 Å². The van der Waals surface area contributed by atoms with E-state index in [0.29, 0.717) is 5.56 Å². The number of hydrogen-bond acceptors (Lipinski definition) is 3. The molecular weight excluding hydrogens is 176 g/mol. The number of rotatable bonds is 1. The van der Waals surface area contributed by atoms with E-state index in [1.165, 1.54) is 0 Å². The third-order valence-corrected chi connectivity index (χ3v) is 1.91.